The summed E-state index contributed by atoms with van der Waals surface area (Å²) in [6, 6.07) is 7.55. The monoisotopic (exact) mass is 280 g/mol. The van der Waals surface area contributed by atoms with Crippen LogP contribution in [0.25, 0.3) is 0 Å². The summed E-state index contributed by atoms with van der Waals surface area (Å²) in [5.41, 5.74) is 5.31. The van der Waals surface area contributed by atoms with Crippen LogP contribution in [0.4, 0.5) is 0 Å². The highest BCUT2D eigenvalue weighted by Gasteiger charge is 2.22. The summed E-state index contributed by atoms with van der Waals surface area (Å²) in [7, 11) is 0. The summed E-state index contributed by atoms with van der Waals surface area (Å²) >= 11 is 0. The fraction of sp³-hybridized carbons (Fsp3) is 0.533. The van der Waals surface area contributed by atoms with Gasteiger partial charge in [-0.1, -0.05) is 19.0 Å². The normalized spacial score (nSPS) is 12.2. The number of hydrogen-bond acceptors (Lipinski definition) is 4. The maximum Gasteiger partial charge on any atom is 0.144 e. The van der Waals surface area contributed by atoms with Gasteiger partial charge in [-0.05, 0) is 44.0 Å². The molecule has 112 valence electrons. The van der Waals surface area contributed by atoms with Gasteiger partial charge in [-0.25, -0.2) is 0 Å². The van der Waals surface area contributed by atoms with Crippen molar-refractivity contribution in [3.63, 3.8) is 0 Å². The smallest absolute Gasteiger partial charge is 0.144 e. The van der Waals surface area contributed by atoms with Gasteiger partial charge in [0.25, 0.3) is 0 Å². The van der Waals surface area contributed by atoms with E-state index in [1.54, 1.807) is 0 Å². The zero-order valence-electron chi connectivity index (χ0n) is 12.4. The number of amidine groups is 1. The Hall–Kier alpha value is -1.91. The standard InChI is InChI=1S/C15H24N2O3/c1-4-19-12-6-8-13(9-7-12)20-11-5-10-15(2,3)14(16)17-18/h6-9,18H,4-5,10-11H2,1-3H3,(H2,16,17). The van der Waals surface area contributed by atoms with Crippen molar-refractivity contribution in [2.75, 3.05) is 13.2 Å². The summed E-state index contributed by atoms with van der Waals surface area (Å²) in [6.45, 7) is 7.09. The Balaban J connectivity index is 2.34. The van der Waals surface area contributed by atoms with Crippen molar-refractivity contribution in [1.82, 2.24) is 0 Å². The van der Waals surface area contributed by atoms with Gasteiger partial charge in [0.05, 0.1) is 13.2 Å². The second kappa shape index (κ2) is 7.62. The van der Waals surface area contributed by atoms with Crippen LogP contribution in [-0.4, -0.2) is 24.3 Å². The Morgan fingerprint density at radius 2 is 1.75 bits per heavy atom. The van der Waals surface area contributed by atoms with Crippen LogP contribution in [0, 0.1) is 5.41 Å². The van der Waals surface area contributed by atoms with Crippen molar-refractivity contribution < 1.29 is 14.7 Å². The highest BCUT2D eigenvalue weighted by atomic mass is 16.5. The molecule has 1 rings (SSSR count). The van der Waals surface area contributed by atoms with Gasteiger partial charge in [0, 0.05) is 5.41 Å². The zero-order valence-corrected chi connectivity index (χ0v) is 12.4. The second-order valence-corrected chi connectivity index (χ2v) is 5.23. The summed E-state index contributed by atoms with van der Waals surface area (Å²) in [5, 5.41) is 11.8. The van der Waals surface area contributed by atoms with Crippen molar-refractivity contribution in [2.24, 2.45) is 16.3 Å². The molecule has 0 aliphatic carbocycles. The average Bonchev–Trinajstić information content (AvgIpc) is 2.44. The molecule has 5 heteroatoms. The predicted octanol–water partition coefficient (Wildman–Crippen LogP) is 3.02. The van der Waals surface area contributed by atoms with Crippen LogP contribution < -0.4 is 15.2 Å². The molecule has 5 nitrogen and oxygen atoms in total. The van der Waals surface area contributed by atoms with E-state index in [2.05, 4.69) is 5.16 Å². The Kier molecular flexibility index (Phi) is 6.15. The van der Waals surface area contributed by atoms with Crippen LogP contribution in [0.2, 0.25) is 0 Å². The molecule has 0 spiro atoms. The molecule has 0 aliphatic rings. The molecule has 0 atom stereocenters. The molecule has 3 N–H and O–H groups in total. The number of benzene rings is 1. The number of nitrogens with zero attached hydrogens (tertiary/aromatic N) is 1. The highest BCUT2D eigenvalue weighted by molar-refractivity contribution is 5.85. The molecule has 0 aromatic heterocycles. The Bertz CT molecular complexity index is 427. The van der Waals surface area contributed by atoms with Gasteiger partial charge in [-0.3, -0.25) is 0 Å². The molecule has 1 aromatic carbocycles. The van der Waals surface area contributed by atoms with Crippen LogP contribution in [0.3, 0.4) is 0 Å². The molecular weight excluding hydrogens is 256 g/mol. The molecule has 0 radical (unpaired) electrons. The number of hydrogen-bond donors (Lipinski definition) is 2. The van der Waals surface area contributed by atoms with E-state index in [4.69, 9.17) is 20.4 Å². The summed E-state index contributed by atoms with van der Waals surface area (Å²) in [4.78, 5) is 0. The highest BCUT2D eigenvalue weighted by Crippen LogP contribution is 2.23. The Labute approximate surface area is 120 Å². The van der Waals surface area contributed by atoms with E-state index < -0.39 is 0 Å². The summed E-state index contributed by atoms with van der Waals surface area (Å²) < 4.78 is 11.0. The molecule has 1 aromatic rings. The number of rotatable bonds is 8. The van der Waals surface area contributed by atoms with Crippen molar-refractivity contribution in [2.45, 2.75) is 33.6 Å². The van der Waals surface area contributed by atoms with Gasteiger partial charge >= 0.3 is 0 Å². The van der Waals surface area contributed by atoms with Crippen LogP contribution in [-0.2, 0) is 0 Å². The van der Waals surface area contributed by atoms with Gasteiger partial charge in [0.1, 0.15) is 17.3 Å². The average molecular weight is 280 g/mol. The van der Waals surface area contributed by atoms with E-state index in [-0.39, 0.29) is 11.3 Å². The van der Waals surface area contributed by atoms with Gasteiger partial charge < -0.3 is 20.4 Å². The van der Waals surface area contributed by atoms with Gasteiger partial charge in [0.2, 0.25) is 0 Å². The first kappa shape index (κ1) is 16.1. The van der Waals surface area contributed by atoms with Crippen molar-refractivity contribution in [3.8, 4) is 11.5 Å². The molecule has 20 heavy (non-hydrogen) atoms. The molecule has 0 bridgehead atoms. The molecule has 0 unspecified atom stereocenters. The van der Waals surface area contributed by atoms with E-state index in [1.807, 2.05) is 45.0 Å². The molecule has 0 fully saturated rings. The number of nitrogens with two attached hydrogens (primary N) is 1. The molecule has 0 amide bonds. The topological polar surface area (TPSA) is 77.1 Å². The van der Waals surface area contributed by atoms with E-state index in [0.29, 0.717) is 13.2 Å². The molecule has 0 heterocycles. The first-order valence-corrected chi connectivity index (χ1v) is 6.83. The lowest BCUT2D eigenvalue weighted by Gasteiger charge is -2.22. The maximum atomic E-state index is 8.69. The van der Waals surface area contributed by atoms with Crippen LogP contribution in [0.1, 0.15) is 33.6 Å². The minimum Gasteiger partial charge on any atom is -0.494 e. The summed E-state index contributed by atoms with van der Waals surface area (Å²) in [6.07, 6.45) is 1.62. The molecule has 0 saturated carbocycles. The Morgan fingerprint density at radius 3 is 2.25 bits per heavy atom. The molecular formula is C15H24N2O3. The third-order valence-electron chi connectivity index (χ3n) is 3.15. The Morgan fingerprint density at radius 1 is 1.20 bits per heavy atom. The molecule has 0 saturated heterocycles. The maximum absolute atomic E-state index is 8.69. The van der Waals surface area contributed by atoms with E-state index in [9.17, 15) is 0 Å². The number of oxime groups is 1. The van der Waals surface area contributed by atoms with Crippen molar-refractivity contribution in [3.05, 3.63) is 24.3 Å². The van der Waals surface area contributed by atoms with Crippen LogP contribution in [0.5, 0.6) is 11.5 Å². The lowest BCUT2D eigenvalue weighted by molar-refractivity contribution is 0.277. The van der Waals surface area contributed by atoms with E-state index in [0.717, 1.165) is 24.3 Å². The fourth-order valence-electron chi connectivity index (χ4n) is 1.77. The zero-order chi connectivity index (χ0) is 15.0. The third kappa shape index (κ3) is 4.99. The van der Waals surface area contributed by atoms with Crippen LogP contribution >= 0.6 is 0 Å². The SMILES string of the molecule is CCOc1ccc(OCCCC(C)(C)C(N)=NO)cc1. The predicted molar refractivity (Wildman–Crippen MR) is 79.5 cm³/mol. The second-order valence-electron chi connectivity index (χ2n) is 5.23. The van der Waals surface area contributed by atoms with E-state index in [1.165, 1.54) is 0 Å². The van der Waals surface area contributed by atoms with Crippen LogP contribution in [0.15, 0.2) is 29.4 Å². The van der Waals surface area contributed by atoms with Crippen molar-refractivity contribution >= 4 is 5.84 Å². The lowest BCUT2D eigenvalue weighted by atomic mass is 9.87. The van der Waals surface area contributed by atoms with Gasteiger partial charge in [-0.15, -0.1) is 0 Å². The third-order valence-corrected chi connectivity index (χ3v) is 3.15. The minimum atomic E-state index is -0.322. The van der Waals surface area contributed by atoms with Crippen molar-refractivity contribution in [1.29, 1.82) is 0 Å². The number of ether oxygens (including phenoxy) is 2. The minimum absolute atomic E-state index is 0.249. The van der Waals surface area contributed by atoms with E-state index >= 15 is 0 Å². The first-order chi connectivity index (χ1) is 9.49. The van der Waals surface area contributed by atoms with Gasteiger partial charge in [0.15, 0.2) is 0 Å². The molecule has 0 aliphatic heterocycles. The summed E-state index contributed by atoms with van der Waals surface area (Å²) in [5.74, 6) is 1.90. The lowest BCUT2D eigenvalue weighted by Crippen LogP contribution is -2.32. The fourth-order valence-corrected chi connectivity index (χ4v) is 1.77. The van der Waals surface area contributed by atoms with Gasteiger partial charge in [-0.2, -0.15) is 0 Å². The first-order valence-electron chi connectivity index (χ1n) is 6.83. The quantitative estimate of drug-likeness (QED) is 0.252. The largest absolute Gasteiger partial charge is 0.494 e.